The Morgan fingerprint density at radius 2 is 1.94 bits per heavy atom. The van der Waals surface area contributed by atoms with Crippen molar-refractivity contribution in [1.29, 1.82) is 0 Å². The van der Waals surface area contributed by atoms with Gasteiger partial charge in [0.15, 0.2) is 0 Å². The first-order valence-electron chi connectivity index (χ1n) is 12.3. The molecule has 7 atom stereocenters. The van der Waals surface area contributed by atoms with Gasteiger partial charge in [-0.1, -0.05) is 45.1 Å². The van der Waals surface area contributed by atoms with Crippen LogP contribution in [-0.2, 0) is 4.74 Å². The van der Waals surface area contributed by atoms with Crippen molar-refractivity contribution in [3.63, 3.8) is 0 Å². The van der Waals surface area contributed by atoms with Gasteiger partial charge in [-0.15, -0.1) is 0 Å². The highest BCUT2D eigenvalue weighted by molar-refractivity contribution is 5.75. The maximum absolute atomic E-state index is 11.2. The van der Waals surface area contributed by atoms with Gasteiger partial charge < -0.3 is 19.8 Å². The molecule has 5 nitrogen and oxygen atoms in total. The third-order valence-corrected chi connectivity index (χ3v) is 10.0. The average molecular weight is 449 g/mol. The molecule has 5 heteroatoms. The Hall–Kier alpha value is -1.79. The van der Waals surface area contributed by atoms with Gasteiger partial charge in [0, 0.05) is 29.8 Å². The van der Waals surface area contributed by atoms with E-state index in [0.717, 1.165) is 31.3 Å². The summed E-state index contributed by atoms with van der Waals surface area (Å²) in [4.78, 5) is 6.45. The summed E-state index contributed by atoms with van der Waals surface area (Å²) in [5.74, 6) is 0.314. The van der Waals surface area contributed by atoms with E-state index in [4.69, 9.17) is 4.74 Å². The second-order valence-corrected chi connectivity index (χ2v) is 11.9. The summed E-state index contributed by atoms with van der Waals surface area (Å²) >= 11 is 0. The molecule has 0 aromatic carbocycles. The van der Waals surface area contributed by atoms with Crippen LogP contribution in [0.25, 0.3) is 5.57 Å². The fourth-order valence-corrected chi connectivity index (χ4v) is 8.04. The van der Waals surface area contributed by atoms with Crippen LogP contribution in [0.4, 0.5) is 0 Å². The van der Waals surface area contributed by atoms with E-state index in [-0.39, 0.29) is 22.5 Å². The zero-order valence-electron chi connectivity index (χ0n) is 20.4. The number of ether oxygens (including phenoxy) is 1. The molecule has 6 rings (SSSR count). The van der Waals surface area contributed by atoms with Crippen LogP contribution in [0.5, 0.6) is 0 Å². The summed E-state index contributed by atoms with van der Waals surface area (Å²) in [7, 11) is 3.96. The minimum absolute atomic E-state index is 0.0931. The van der Waals surface area contributed by atoms with Crippen molar-refractivity contribution in [2.75, 3.05) is 14.1 Å². The number of fused-ring (bicyclic) bond motifs is 1. The highest BCUT2D eigenvalue weighted by Gasteiger charge is 2.70. The Morgan fingerprint density at radius 1 is 1.15 bits per heavy atom. The first-order chi connectivity index (χ1) is 15.6. The van der Waals surface area contributed by atoms with Crippen LogP contribution in [-0.4, -0.2) is 63.6 Å². The molecule has 0 amide bonds. The maximum Gasteiger partial charge on any atom is 0.105 e. The molecule has 7 unspecified atom stereocenters. The number of hydrogen-bond acceptors (Lipinski definition) is 5. The van der Waals surface area contributed by atoms with E-state index in [1.54, 1.807) is 0 Å². The van der Waals surface area contributed by atoms with E-state index in [0.29, 0.717) is 5.92 Å². The number of rotatable bonds is 2. The molecule has 2 fully saturated rings. The molecule has 1 aromatic heterocycles. The monoisotopic (exact) mass is 448 g/mol. The van der Waals surface area contributed by atoms with Crippen molar-refractivity contribution in [2.45, 2.75) is 75.9 Å². The molecule has 1 saturated carbocycles. The standard InChI is InChI=1S/C28H36N2O3/c1-25(2)14-18-13-20-23(31)24(32)21(30(4)5)15-27(20)10-11-28(18,33-27)22-9-8-19(26(22,25)3)17-7-6-12-29-16-17/h6-8,12-14,16,21-24,31-32H,9-11,15H2,1-5H3. The highest BCUT2D eigenvalue weighted by Crippen LogP contribution is 2.71. The first kappa shape index (κ1) is 21.7. The highest BCUT2D eigenvalue weighted by atomic mass is 16.5. The van der Waals surface area contributed by atoms with Crippen LogP contribution in [0.2, 0.25) is 0 Å². The lowest BCUT2D eigenvalue weighted by molar-refractivity contribution is -0.170. The van der Waals surface area contributed by atoms with Gasteiger partial charge in [-0.3, -0.25) is 4.98 Å². The third-order valence-electron chi connectivity index (χ3n) is 10.0. The molecule has 1 aromatic rings. The number of nitrogens with zero attached hydrogens (tertiary/aromatic N) is 2. The minimum atomic E-state index is -0.896. The molecule has 5 aliphatic rings. The largest absolute Gasteiger partial charge is 0.388 e. The molecule has 2 N–H and O–H groups in total. The molecule has 3 aliphatic carbocycles. The fourth-order valence-electron chi connectivity index (χ4n) is 8.04. The second kappa shape index (κ2) is 6.66. The van der Waals surface area contributed by atoms with Crippen molar-refractivity contribution in [3.8, 4) is 0 Å². The molecule has 0 radical (unpaired) electrons. The molecule has 33 heavy (non-hydrogen) atoms. The van der Waals surface area contributed by atoms with Gasteiger partial charge in [0.1, 0.15) is 6.10 Å². The summed E-state index contributed by atoms with van der Waals surface area (Å²) in [5.41, 5.74) is 3.61. The molecule has 2 bridgehead atoms. The number of pyridine rings is 1. The van der Waals surface area contributed by atoms with Crippen LogP contribution in [0.15, 0.2) is 53.9 Å². The van der Waals surface area contributed by atoms with Crippen LogP contribution in [0, 0.1) is 16.7 Å². The smallest absolute Gasteiger partial charge is 0.105 e. The Morgan fingerprint density at radius 3 is 2.64 bits per heavy atom. The predicted octanol–water partition coefficient (Wildman–Crippen LogP) is 3.74. The maximum atomic E-state index is 11.2. The quantitative estimate of drug-likeness (QED) is 0.722. The van der Waals surface area contributed by atoms with E-state index in [1.807, 2.05) is 37.5 Å². The van der Waals surface area contributed by atoms with E-state index in [2.05, 4.69) is 50.0 Å². The van der Waals surface area contributed by atoms with Crippen LogP contribution >= 0.6 is 0 Å². The lowest BCUT2D eigenvalue weighted by atomic mass is 9.49. The number of aromatic nitrogens is 1. The van der Waals surface area contributed by atoms with E-state index in [1.165, 1.54) is 16.7 Å². The Kier molecular flexibility index (Phi) is 4.38. The van der Waals surface area contributed by atoms with Crippen LogP contribution in [0.1, 0.15) is 52.0 Å². The van der Waals surface area contributed by atoms with Gasteiger partial charge in [0.2, 0.25) is 0 Å². The number of allylic oxidation sites excluding steroid dienone is 3. The van der Waals surface area contributed by atoms with Crippen molar-refractivity contribution in [3.05, 3.63) is 59.5 Å². The van der Waals surface area contributed by atoms with E-state index >= 15 is 0 Å². The summed E-state index contributed by atoms with van der Waals surface area (Å²) in [6.45, 7) is 7.08. The lowest BCUT2D eigenvalue weighted by Gasteiger charge is -2.60. The summed E-state index contributed by atoms with van der Waals surface area (Å²) in [6, 6.07) is 4.07. The molecular weight excluding hydrogens is 412 g/mol. The molecule has 2 spiro atoms. The predicted molar refractivity (Wildman–Crippen MR) is 128 cm³/mol. The minimum Gasteiger partial charge on any atom is -0.388 e. The van der Waals surface area contributed by atoms with Crippen LogP contribution in [0.3, 0.4) is 0 Å². The zero-order valence-corrected chi connectivity index (χ0v) is 20.4. The average Bonchev–Trinajstić information content (AvgIpc) is 3.30. The topological polar surface area (TPSA) is 65.8 Å². The molecular formula is C28H36N2O3. The van der Waals surface area contributed by atoms with Gasteiger partial charge in [0.05, 0.1) is 17.3 Å². The Bertz CT molecular complexity index is 1090. The Labute approximate surface area is 196 Å². The van der Waals surface area contributed by atoms with Gasteiger partial charge in [-0.05, 0) is 73.5 Å². The van der Waals surface area contributed by atoms with Gasteiger partial charge >= 0.3 is 0 Å². The number of hydrogen-bond donors (Lipinski definition) is 2. The molecule has 176 valence electrons. The van der Waals surface area contributed by atoms with Gasteiger partial charge in [0.25, 0.3) is 0 Å². The van der Waals surface area contributed by atoms with Crippen molar-refractivity contribution in [1.82, 2.24) is 9.88 Å². The van der Waals surface area contributed by atoms with Crippen molar-refractivity contribution in [2.24, 2.45) is 16.7 Å². The summed E-state index contributed by atoms with van der Waals surface area (Å²) < 4.78 is 7.25. The summed E-state index contributed by atoms with van der Waals surface area (Å²) in [5, 5.41) is 22.1. The van der Waals surface area contributed by atoms with Crippen molar-refractivity contribution >= 4 is 5.57 Å². The van der Waals surface area contributed by atoms with E-state index in [9.17, 15) is 10.2 Å². The number of aliphatic hydroxyl groups excluding tert-OH is 2. The van der Waals surface area contributed by atoms with Crippen LogP contribution < -0.4 is 0 Å². The number of likely N-dealkylation sites (N-methyl/N-ethyl adjacent to an activating group) is 1. The second-order valence-electron chi connectivity index (χ2n) is 11.9. The lowest BCUT2D eigenvalue weighted by Crippen LogP contribution is -2.63. The molecule has 3 heterocycles. The van der Waals surface area contributed by atoms with Gasteiger partial charge in [-0.2, -0.15) is 0 Å². The SMILES string of the molecule is CN(C)C1CC23CCC4(O2)C(=CC(C)(C)C2(C)C(c5cccnc5)=CCC42)C=C3C(O)C1O. The first-order valence-corrected chi connectivity index (χ1v) is 12.3. The van der Waals surface area contributed by atoms with E-state index < -0.39 is 17.8 Å². The number of aliphatic hydroxyl groups is 2. The van der Waals surface area contributed by atoms with Gasteiger partial charge in [-0.25, -0.2) is 0 Å². The Balaban J connectivity index is 1.50. The zero-order chi connectivity index (χ0) is 23.4. The molecule has 1 saturated heterocycles. The molecule has 2 aliphatic heterocycles. The summed E-state index contributed by atoms with van der Waals surface area (Å²) in [6.07, 6.45) is 12.7. The third kappa shape index (κ3) is 2.54. The van der Waals surface area contributed by atoms with Crippen molar-refractivity contribution < 1.29 is 14.9 Å². The normalized spacial score (nSPS) is 45.0. The fraction of sp³-hybridized carbons (Fsp3) is 0.607.